The van der Waals surface area contributed by atoms with Crippen LogP contribution in [0.25, 0.3) is 0 Å². The number of hydrogen-bond donors (Lipinski definition) is 0. The number of nitrogens with zero attached hydrogens (tertiary/aromatic N) is 2. The Bertz CT molecular complexity index is 783. The van der Waals surface area contributed by atoms with Gasteiger partial charge in [-0.2, -0.15) is 0 Å². The lowest BCUT2D eigenvalue weighted by Gasteiger charge is -2.25. The molecule has 2 aromatic rings. The third kappa shape index (κ3) is 3.40. The van der Waals surface area contributed by atoms with Gasteiger partial charge in [0, 0.05) is 32.3 Å². The summed E-state index contributed by atoms with van der Waals surface area (Å²) in [6, 6.07) is 9.79. The summed E-state index contributed by atoms with van der Waals surface area (Å²) in [6.07, 6.45) is 4.53. The van der Waals surface area contributed by atoms with Crippen molar-refractivity contribution in [3.05, 3.63) is 69.9 Å². The minimum absolute atomic E-state index is 0.171. The van der Waals surface area contributed by atoms with Gasteiger partial charge in [-0.05, 0) is 42.7 Å². The zero-order valence-electron chi connectivity index (χ0n) is 13.7. The number of halogens is 1. The van der Waals surface area contributed by atoms with Crippen molar-refractivity contribution in [2.45, 2.75) is 25.2 Å². The van der Waals surface area contributed by atoms with Crippen LogP contribution in [0, 0.1) is 5.82 Å². The highest BCUT2D eigenvalue weighted by molar-refractivity contribution is 5.93. The number of aromatic nitrogens is 1. The first-order valence-corrected chi connectivity index (χ1v) is 8.26. The predicted octanol–water partition coefficient (Wildman–Crippen LogP) is 2.93. The fourth-order valence-electron chi connectivity index (χ4n) is 3.26. The highest BCUT2D eigenvalue weighted by Crippen LogP contribution is 2.27. The van der Waals surface area contributed by atoms with Gasteiger partial charge in [0.2, 0.25) is 0 Å². The van der Waals surface area contributed by atoms with Crippen molar-refractivity contribution < 1.29 is 9.18 Å². The van der Waals surface area contributed by atoms with E-state index < -0.39 is 0 Å². The molecular formula is C19H21FN2O2. The third-order valence-electron chi connectivity index (χ3n) is 4.65. The van der Waals surface area contributed by atoms with Gasteiger partial charge in [-0.15, -0.1) is 0 Å². The first-order valence-electron chi connectivity index (χ1n) is 8.26. The number of carbonyl (C=O) groups excluding carboxylic acids is 1. The molecule has 0 spiro atoms. The summed E-state index contributed by atoms with van der Waals surface area (Å²) in [5.74, 6) is -0.303. The van der Waals surface area contributed by atoms with Gasteiger partial charge >= 0.3 is 0 Å². The van der Waals surface area contributed by atoms with Crippen molar-refractivity contribution in [1.82, 2.24) is 9.47 Å². The van der Waals surface area contributed by atoms with Gasteiger partial charge in [-0.1, -0.05) is 18.6 Å². The molecule has 1 atom stereocenters. The molecule has 126 valence electrons. The summed E-state index contributed by atoms with van der Waals surface area (Å²) in [7, 11) is 1.64. The molecule has 1 fully saturated rings. The van der Waals surface area contributed by atoms with Gasteiger partial charge in [0.05, 0.1) is 0 Å². The molecule has 0 aliphatic carbocycles. The van der Waals surface area contributed by atoms with Crippen molar-refractivity contribution in [1.29, 1.82) is 0 Å². The summed E-state index contributed by atoms with van der Waals surface area (Å²) < 4.78 is 14.6. The van der Waals surface area contributed by atoms with E-state index in [9.17, 15) is 14.0 Å². The quantitative estimate of drug-likeness (QED) is 0.851. The fraction of sp³-hybridized carbons (Fsp3) is 0.368. The van der Waals surface area contributed by atoms with Crippen LogP contribution in [0.15, 0.2) is 47.4 Å². The summed E-state index contributed by atoms with van der Waals surface area (Å²) >= 11 is 0. The van der Waals surface area contributed by atoms with Crippen LogP contribution in [0.5, 0.6) is 0 Å². The van der Waals surface area contributed by atoms with Gasteiger partial charge in [0.15, 0.2) is 0 Å². The number of benzene rings is 1. The molecule has 0 saturated carbocycles. The van der Waals surface area contributed by atoms with Crippen LogP contribution in [0.3, 0.4) is 0 Å². The van der Waals surface area contributed by atoms with Crippen molar-refractivity contribution in [2.24, 2.45) is 7.05 Å². The molecule has 1 aromatic heterocycles. The maximum atomic E-state index is 13.1. The SMILES string of the molecule is Cn1cccc(C(=O)N2CCCC[C@@H](c3ccc(F)cc3)C2)c1=O. The zero-order valence-corrected chi connectivity index (χ0v) is 13.7. The van der Waals surface area contributed by atoms with Crippen molar-refractivity contribution in [3.63, 3.8) is 0 Å². The van der Waals surface area contributed by atoms with E-state index in [-0.39, 0.29) is 28.8 Å². The molecule has 24 heavy (non-hydrogen) atoms. The standard InChI is InChI=1S/C19H21FN2O2/c1-21-11-4-6-17(18(21)23)19(24)22-12-3-2-5-15(13-22)14-7-9-16(20)10-8-14/h4,6-11,15H,2-3,5,12-13H2,1H3/t15-/m1/s1. The lowest BCUT2D eigenvalue weighted by atomic mass is 9.94. The van der Waals surface area contributed by atoms with E-state index in [1.165, 1.54) is 16.7 Å². The Hall–Kier alpha value is -2.43. The summed E-state index contributed by atoms with van der Waals surface area (Å²) in [6.45, 7) is 1.21. The van der Waals surface area contributed by atoms with E-state index in [1.807, 2.05) is 0 Å². The van der Waals surface area contributed by atoms with Crippen molar-refractivity contribution in [3.8, 4) is 0 Å². The molecular weight excluding hydrogens is 307 g/mol. The Labute approximate surface area is 140 Å². The number of likely N-dealkylation sites (tertiary alicyclic amines) is 1. The molecule has 1 amide bonds. The van der Waals surface area contributed by atoms with Gasteiger partial charge in [-0.3, -0.25) is 9.59 Å². The van der Waals surface area contributed by atoms with Crippen LogP contribution in [0.2, 0.25) is 0 Å². The number of aryl methyl sites for hydroxylation is 1. The normalized spacial score (nSPS) is 18.2. The van der Waals surface area contributed by atoms with Gasteiger partial charge in [-0.25, -0.2) is 4.39 Å². The zero-order chi connectivity index (χ0) is 17.1. The van der Waals surface area contributed by atoms with Crippen LogP contribution in [-0.4, -0.2) is 28.5 Å². The largest absolute Gasteiger partial charge is 0.338 e. The summed E-state index contributed by atoms with van der Waals surface area (Å²) in [5, 5.41) is 0. The van der Waals surface area contributed by atoms with Gasteiger partial charge in [0.25, 0.3) is 11.5 Å². The first kappa shape index (κ1) is 16.4. The molecule has 0 N–H and O–H groups in total. The molecule has 1 aromatic carbocycles. The van der Waals surface area contributed by atoms with Crippen LogP contribution in [0.1, 0.15) is 41.1 Å². The predicted molar refractivity (Wildman–Crippen MR) is 90.6 cm³/mol. The molecule has 1 aliphatic heterocycles. The van der Waals surface area contributed by atoms with Crippen LogP contribution >= 0.6 is 0 Å². The second kappa shape index (κ2) is 6.99. The van der Waals surface area contributed by atoms with E-state index in [1.54, 1.807) is 42.4 Å². The fourth-order valence-corrected chi connectivity index (χ4v) is 3.26. The molecule has 0 radical (unpaired) electrons. The van der Waals surface area contributed by atoms with Gasteiger partial charge in [0.1, 0.15) is 11.4 Å². The molecule has 1 saturated heterocycles. The Morgan fingerprint density at radius 2 is 1.92 bits per heavy atom. The monoisotopic (exact) mass is 328 g/mol. The summed E-state index contributed by atoms with van der Waals surface area (Å²) in [5.41, 5.74) is 0.974. The maximum absolute atomic E-state index is 13.1. The minimum atomic E-state index is -0.273. The maximum Gasteiger partial charge on any atom is 0.263 e. The molecule has 4 nitrogen and oxygen atoms in total. The second-order valence-electron chi connectivity index (χ2n) is 6.33. The van der Waals surface area contributed by atoms with E-state index in [0.717, 1.165) is 24.8 Å². The molecule has 5 heteroatoms. The number of amides is 1. The Balaban J connectivity index is 1.84. The first-order chi connectivity index (χ1) is 11.6. The second-order valence-corrected chi connectivity index (χ2v) is 6.33. The topological polar surface area (TPSA) is 42.3 Å². The highest BCUT2D eigenvalue weighted by Gasteiger charge is 2.25. The smallest absolute Gasteiger partial charge is 0.263 e. The molecule has 2 heterocycles. The molecule has 1 aliphatic rings. The number of hydrogen-bond acceptors (Lipinski definition) is 2. The van der Waals surface area contributed by atoms with E-state index in [2.05, 4.69) is 0 Å². The van der Waals surface area contributed by atoms with Crippen molar-refractivity contribution >= 4 is 5.91 Å². The Kier molecular flexibility index (Phi) is 4.79. The van der Waals surface area contributed by atoms with E-state index in [4.69, 9.17) is 0 Å². The number of carbonyl (C=O) groups is 1. The number of pyridine rings is 1. The van der Waals surface area contributed by atoms with Crippen LogP contribution < -0.4 is 5.56 Å². The Morgan fingerprint density at radius 1 is 1.17 bits per heavy atom. The highest BCUT2D eigenvalue weighted by atomic mass is 19.1. The van der Waals surface area contributed by atoms with Crippen LogP contribution in [-0.2, 0) is 7.05 Å². The lowest BCUT2D eigenvalue weighted by molar-refractivity contribution is 0.0752. The average Bonchev–Trinajstić information content (AvgIpc) is 2.84. The third-order valence-corrected chi connectivity index (χ3v) is 4.65. The molecule has 3 rings (SSSR count). The minimum Gasteiger partial charge on any atom is -0.338 e. The Morgan fingerprint density at radius 3 is 2.67 bits per heavy atom. The van der Waals surface area contributed by atoms with Crippen molar-refractivity contribution in [2.75, 3.05) is 13.1 Å². The molecule has 0 unspecified atom stereocenters. The van der Waals surface area contributed by atoms with E-state index in [0.29, 0.717) is 13.1 Å². The number of rotatable bonds is 2. The van der Waals surface area contributed by atoms with E-state index >= 15 is 0 Å². The summed E-state index contributed by atoms with van der Waals surface area (Å²) in [4.78, 5) is 26.8. The van der Waals surface area contributed by atoms with Crippen LogP contribution in [0.4, 0.5) is 4.39 Å². The molecule has 0 bridgehead atoms. The average molecular weight is 328 g/mol. The van der Waals surface area contributed by atoms with Gasteiger partial charge < -0.3 is 9.47 Å². The lowest BCUT2D eigenvalue weighted by Crippen LogP contribution is -2.38.